The second kappa shape index (κ2) is 4.85. The largest absolute Gasteiger partial charge is 0.478 e. The molecule has 2 heterocycles. The first-order valence-electron chi connectivity index (χ1n) is 5.95. The van der Waals surface area contributed by atoms with E-state index < -0.39 is 5.97 Å². The number of fused-ring (bicyclic) bond motifs is 2. The van der Waals surface area contributed by atoms with Gasteiger partial charge in [-0.2, -0.15) is 4.73 Å². The first kappa shape index (κ1) is 13.6. The number of rotatable bonds is 2. The molecule has 1 N–H and O–H groups in total. The Bertz CT molecular complexity index is 949. The van der Waals surface area contributed by atoms with E-state index in [1.165, 1.54) is 19.4 Å². The highest BCUT2D eigenvalue weighted by molar-refractivity contribution is 9.10. The van der Waals surface area contributed by atoms with Crippen molar-refractivity contribution in [3.05, 3.63) is 50.9 Å². The Hall–Kier alpha value is -2.41. The van der Waals surface area contributed by atoms with Crippen LogP contribution in [0.25, 0.3) is 21.8 Å². The number of halogens is 1. The lowest BCUT2D eigenvalue weighted by atomic mass is 10.1. The lowest BCUT2D eigenvalue weighted by molar-refractivity contribution is 0.0699. The van der Waals surface area contributed by atoms with Gasteiger partial charge in [0.05, 0.1) is 32.7 Å². The maximum atomic E-state index is 12.2. The number of hydrogen-bond acceptors (Lipinski definition) is 4. The predicted molar refractivity (Wildman–Crippen MR) is 80.7 cm³/mol. The van der Waals surface area contributed by atoms with Gasteiger partial charge in [-0.3, -0.25) is 4.79 Å². The monoisotopic (exact) mass is 348 g/mol. The summed E-state index contributed by atoms with van der Waals surface area (Å²) in [6, 6.07) is 6.43. The Morgan fingerprint density at radius 2 is 2.14 bits per heavy atom. The van der Waals surface area contributed by atoms with Crippen molar-refractivity contribution < 1.29 is 14.7 Å². The third-order valence-corrected chi connectivity index (χ3v) is 3.74. The van der Waals surface area contributed by atoms with Crippen molar-refractivity contribution >= 4 is 43.7 Å². The van der Waals surface area contributed by atoms with Crippen LogP contribution in [0.15, 0.2) is 39.7 Å². The van der Waals surface area contributed by atoms with Crippen molar-refractivity contribution in [2.24, 2.45) is 0 Å². The van der Waals surface area contributed by atoms with Crippen LogP contribution in [0.5, 0.6) is 0 Å². The molecule has 0 aliphatic heterocycles. The number of para-hydroxylation sites is 1. The highest BCUT2D eigenvalue weighted by Crippen LogP contribution is 2.25. The lowest BCUT2D eigenvalue weighted by Gasteiger charge is -2.08. The predicted octanol–water partition coefficient (Wildman–Crippen LogP) is 2.07. The number of pyridine rings is 2. The second-order valence-electron chi connectivity index (χ2n) is 4.36. The van der Waals surface area contributed by atoms with E-state index in [4.69, 9.17) is 4.84 Å². The molecule has 0 fully saturated rings. The molecule has 0 saturated carbocycles. The van der Waals surface area contributed by atoms with Crippen molar-refractivity contribution in [1.29, 1.82) is 0 Å². The normalized spacial score (nSPS) is 11.0. The molecule has 6 nitrogen and oxygen atoms in total. The van der Waals surface area contributed by atoms with Crippen LogP contribution in [0.2, 0.25) is 0 Å². The van der Waals surface area contributed by atoms with Crippen molar-refractivity contribution in [1.82, 2.24) is 9.71 Å². The molecular weight excluding hydrogens is 340 g/mol. The van der Waals surface area contributed by atoms with Gasteiger partial charge in [-0.15, -0.1) is 0 Å². The molecule has 0 unspecified atom stereocenters. The SMILES string of the molecule is COn1cc(Br)c2nc3c(C(=O)O)cccc3cc2c1=O. The average Bonchev–Trinajstić information content (AvgIpc) is 2.48. The summed E-state index contributed by atoms with van der Waals surface area (Å²) in [5, 5.41) is 10.2. The van der Waals surface area contributed by atoms with Gasteiger partial charge in [0.1, 0.15) is 7.11 Å². The molecule has 0 aliphatic carbocycles. The van der Waals surface area contributed by atoms with E-state index >= 15 is 0 Å². The molecule has 0 radical (unpaired) electrons. The van der Waals surface area contributed by atoms with Crippen molar-refractivity contribution in [3.63, 3.8) is 0 Å². The maximum Gasteiger partial charge on any atom is 0.337 e. The number of carboxylic acids is 1. The van der Waals surface area contributed by atoms with Crippen LogP contribution in [0.1, 0.15) is 10.4 Å². The molecule has 1 aromatic carbocycles. The van der Waals surface area contributed by atoms with Crippen LogP contribution in [0.3, 0.4) is 0 Å². The molecule has 3 rings (SSSR count). The van der Waals surface area contributed by atoms with Gasteiger partial charge in [-0.25, -0.2) is 9.78 Å². The fourth-order valence-electron chi connectivity index (χ4n) is 2.19. The van der Waals surface area contributed by atoms with E-state index in [-0.39, 0.29) is 11.1 Å². The van der Waals surface area contributed by atoms with Crippen LogP contribution in [-0.2, 0) is 0 Å². The molecule has 0 saturated heterocycles. The number of benzene rings is 1. The average molecular weight is 349 g/mol. The number of carboxylic acid groups (broad SMARTS) is 1. The van der Waals surface area contributed by atoms with Crippen molar-refractivity contribution in [3.8, 4) is 0 Å². The van der Waals surface area contributed by atoms with E-state index in [0.717, 1.165) is 4.73 Å². The zero-order valence-corrected chi connectivity index (χ0v) is 12.4. The number of aromatic carboxylic acids is 1. The first-order valence-corrected chi connectivity index (χ1v) is 6.74. The lowest BCUT2D eigenvalue weighted by Crippen LogP contribution is -2.24. The minimum atomic E-state index is -1.06. The summed E-state index contributed by atoms with van der Waals surface area (Å²) in [7, 11) is 1.39. The minimum absolute atomic E-state index is 0.0946. The molecule has 2 aromatic heterocycles. The number of hydrogen-bond donors (Lipinski definition) is 1. The molecule has 0 bridgehead atoms. The Balaban J connectivity index is 2.52. The number of nitrogens with zero attached hydrogens (tertiary/aromatic N) is 2. The summed E-state index contributed by atoms with van der Waals surface area (Å²) in [6.07, 6.45) is 1.45. The highest BCUT2D eigenvalue weighted by Gasteiger charge is 2.14. The van der Waals surface area contributed by atoms with Gasteiger partial charge in [-0.05, 0) is 28.1 Å². The molecule has 0 amide bonds. The first-order chi connectivity index (χ1) is 10.0. The molecule has 0 aliphatic rings. The topological polar surface area (TPSA) is 81.4 Å². The minimum Gasteiger partial charge on any atom is -0.478 e. The molecule has 7 heteroatoms. The molecule has 21 heavy (non-hydrogen) atoms. The summed E-state index contributed by atoms with van der Waals surface area (Å²) < 4.78 is 1.63. The quantitative estimate of drug-likeness (QED) is 0.717. The Morgan fingerprint density at radius 1 is 1.38 bits per heavy atom. The van der Waals surface area contributed by atoms with Gasteiger partial charge >= 0.3 is 5.97 Å². The summed E-state index contributed by atoms with van der Waals surface area (Å²) >= 11 is 3.32. The van der Waals surface area contributed by atoms with E-state index in [1.807, 2.05) is 0 Å². The molecular formula is C14H9BrN2O4. The maximum absolute atomic E-state index is 12.2. The standard InChI is InChI=1S/C14H9BrN2O4/c1-21-17-6-10(15)12-9(13(17)18)5-7-3-2-4-8(14(19)20)11(7)16-12/h2-6H,1H3,(H,19,20). The Labute approximate surface area is 126 Å². The third kappa shape index (κ3) is 2.06. The Kier molecular flexibility index (Phi) is 3.13. The Morgan fingerprint density at radius 3 is 2.81 bits per heavy atom. The van der Waals surface area contributed by atoms with E-state index in [1.54, 1.807) is 18.2 Å². The van der Waals surface area contributed by atoms with Crippen LogP contribution < -0.4 is 10.4 Å². The zero-order chi connectivity index (χ0) is 15.1. The summed E-state index contributed by atoms with van der Waals surface area (Å²) in [5.41, 5.74) is 0.477. The number of aromatic nitrogens is 2. The smallest absolute Gasteiger partial charge is 0.337 e. The van der Waals surface area contributed by atoms with E-state index in [2.05, 4.69) is 20.9 Å². The highest BCUT2D eigenvalue weighted by atomic mass is 79.9. The zero-order valence-electron chi connectivity index (χ0n) is 10.8. The second-order valence-corrected chi connectivity index (χ2v) is 5.21. The summed E-state index contributed by atoms with van der Waals surface area (Å²) in [6.45, 7) is 0. The molecule has 106 valence electrons. The van der Waals surface area contributed by atoms with Crippen molar-refractivity contribution in [2.75, 3.05) is 7.11 Å². The molecule has 3 aromatic rings. The van der Waals surface area contributed by atoms with Gasteiger partial charge in [0.2, 0.25) is 0 Å². The third-order valence-electron chi connectivity index (χ3n) is 3.16. The van der Waals surface area contributed by atoms with Gasteiger partial charge in [-0.1, -0.05) is 12.1 Å². The van der Waals surface area contributed by atoms with Gasteiger partial charge in [0.15, 0.2) is 0 Å². The van der Waals surface area contributed by atoms with Crippen LogP contribution >= 0.6 is 15.9 Å². The molecule has 0 atom stereocenters. The van der Waals surface area contributed by atoms with Crippen LogP contribution in [0, 0.1) is 0 Å². The van der Waals surface area contributed by atoms with Gasteiger partial charge in [0, 0.05) is 5.39 Å². The van der Waals surface area contributed by atoms with Gasteiger partial charge in [0.25, 0.3) is 5.56 Å². The molecule has 0 spiro atoms. The number of carbonyl (C=O) groups is 1. The fraction of sp³-hybridized carbons (Fsp3) is 0.0714. The van der Waals surface area contributed by atoms with Crippen LogP contribution in [-0.4, -0.2) is 27.9 Å². The van der Waals surface area contributed by atoms with Crippen LogP contribution in [0.4, 0.5) is 0 Å². The summed E-state index contributed by atoms with van der Waals surface area (Å²) in [4.78, 5) is 32.8. The fourth-order valence-corrected chi connectivity index (χ4v) is 2.68. The van der Waals surface area contributed by atoms with Crippen molar-refractivity contribution in [2.45, 2.75) is 0 Å². The van der Waals surface area contributed by atoms with E-state index in [0.29, 0.717) is 26.3 Å². The summed E-state index contributed by atoms with van der Waals surface area (Å²) in [5.74, 6) is -1.06. The van der Waals surface area contributed by atoms with Gasteiger partial charge < -0.3 is 9.94 Å². The van der Waals surface area contributed by atoms with E-state index in [9.17, 15) is 14.7 Å².